The molecule has 6 heteroatoms. The molecule has 0 saturated carbocycles. The van der Waals surface area contributed by atoms with Gasteiger partial charge in [-0.1, -0.05) is 48.5 Å². The Labute approximate surface area is 171 Å². The summed E-state index contributed by atoms with van der Waals surface area (Å²) in [5.74, 6) is -0.125. The highest BCUT2D eigenvalue weighted by atomic mass is 16.2. The maximum atomic E-state index is 12.5. The third kappa shape index (κ3) is 4.07. The summed E-state index contributed by atoms with van der Waals surface area (Å²) in [7, 11) is 0. The fourth-order valence-corrected chi connectivity index (χ4v) is 4.07. The van der Waals surface area contributed by atoms with Crippen LogP contribution in [0.3, 0.4) is 0 Å². The summed E-state index contributed by atoms with van der Waals surface area (Å²) in [4.78, 5) is 31.9. The Bertz CT molecular complexity index is 940. The molecule has 0 atom stereocenters. The highest BCUT2D eigenvalue weighted by Gasteiger charge is 2.42. The van der Waals surface area contributed by atoms with Gasteiger partial charge in [-0.05, 0) is 25.0 Å². The molecule has 2 aromatic rings. The number of hydrogen-bond acceptors (Lipinski definition) is 4. The minimum absolute atomic E-state index is 0.0118. The largest absolute Gasteiger partial charge is 0.326 e. The summed E-state index contributed by atoms with van der Waals surface area (Å²) in [6.45, 7) is 5.77. The molecule has 0 bridgehead atoms. The quantitative estimate of drug-likeness (QED) is 0.843. The van der Waals surface area contributed by atoms with Crippen molar-refractivity contribution in [3.63, 3.8) is 0 Å². The molecule has 29 heavy (non-hydrogen) atoms. The lowest BCUT2D eigenvalue weighted by atomic mass is 9.98. The van der Waals surface area contributed by atoms with Crippen molar-refractivity contribution < 1.29 is 9.59 Å². The van der Waals surface area contributed by atoms with E-state index in [0.29, 0.717) is 38.2 Å². The van der Waals surface area contributed by atoms with E-state index in [1.54, 1.807) is 0 Å². The molecule has 2 N–H and O–H groups in total. The Morgan fingerprint density at radius 2 is 1.72 bits per heavy atom. The number of rotatable bonds is 4. The van der Waals surface area contributed by atoms with E-state index in [1.165, 1.54) is 0 Å². The highest BCUT2D eigenvalue weighted by Crippen LogP contribution is 2.29. The smallest absolute Gasteiger partial charge is 0.272 e. The first-order chi connectivity index (χ1) is 14.0. The molecule has 6 nitrogen and oxygen atoms in total. The van der Waals surface area contributed by atoms with Gasteiger partial charge in [0.05, 0.1) is 6.54 Å². The van der Waals surface area contributed by atoms with E-state index in [1.807, 2.05) is 62.4 Å². The second kappa shape index (κ2) is 7.79. The van der Waals surface area contributed by atoms with Crippen LogP contribution in [-0.2, 0) is 9.59 Å². The number of hydrogen-bond donors (Lipinski definition) is 2. The Kier molecular flexibility index (Phi) is 5.20. The van der Waals surface area contributed by atoms with Crippen molar-refractivity contribution in [1.82, 2.24) is 10.2 Å². The molecule has 0 radical (unpaired) electrons. The third-order valence-electron chi connectivity index (χ3n) is 5.73. The topological polar surface area (TPSA) is 73.8 Å². The highest BCUT2D eigenvalue weighted by molar-refractivity contribution is 6.46. The number of aliphatic imine (C=N–C) groups is 1. The van der Waals surface area contributed by atoms with E-state index in [9.17, 15) is 9.59 Å². The lowest BCUT2D eigenvalue weighted by Gasteiger charge is -2.36. The molecule has 1 saturated heterocycles. The fraction of sp³-hybridized carbons (Fsp3) is 0.348. The first-order valence-corrected chi connectivity index (χ1v) is 10.0. The first-order valence-electron chi connectivity index (χ1n) is 10.0. The molecule has 2 aromatic carbocycles. The van der Waals surface area contributed by atoms with E-state index in [4.69, 9.17) is 4.99 Å². The molecule has 150 valence electrons. The number of amides is 2. The number of carbonyl (C=O) groups excluding carboxylic acids is 2. The van der Waals surface area contributed by atoms with Crippen LogP contribution >= 0.6 is 0 Å². The number of carbonyl (C=O) groups is 2. The number of piperidine rings is 1. The SMILES string of the molecule is Cc1cccc(C)c1NC(=O)CN1CCC2(CC1)N=C(c1ccccc1)C(=O)N2. The Balaban J connectivity index is 1.37. The zero-order chi connectivity index (χ0) is 20.4. The molecule has 2 heterocycles. The molecular formula is C23H26N4O2. The van der Waals surface area contributed by atoms with Gasteiger partial charge in [-0.25, -0.2) is 0 Å². The number of nitrogens with one attached hydrogen (secondary N) is 2. The van der Waals surface area contributed by atoms with Gasteiger partial charge in [0.1, 0.15) is 11.4 Å². The van der Waals surface area contributed by atoms with Crippen molar-refractivity contribution in [2.75, 3.05) is 25.0 Å². The lowest BCUT2D eigenvalue weighted by molar-refractivity contribution is -0.119. The van der Waals surface area contributed by atoms with Gasteiger partial charge < -0.3 is 10.6 Å². The molecule has 0 aromatic heterocycles. The molecule has 1 fully saturated rings. The van der Waals surface area contributed by atoms with Crippen LogP contribution in [-0.4, -0.2) is 47.7 Å². The number of anilines is 1. The maximum Gasteiger partial charge on any atom is 0.272 e. The summed E-state index contributed by atoms with van der Waals surface area (Å²) in [5.41, 5.74) is 3.83. The van der Waals surface area contributed by atoms with Gasteiger partial charge in [0.25, 0.3) is 5.91 Å². The average molecular weight is 390 g/mol. The van der Waals surface area contributed by atoms with Crippen molar-refractivity contribution >= 4 is 23.2 Å². The second-order valence-electron chi connectivity index (χ2n) is 7.90. The molecule has 2 amide bonds. The molecule has 0 aliphatic carbocycles. The van der Waals surface area contributed by atoms with Crippen LogP contribution in [0.4, 0.5) is 5.69 Å². The van der Waals surface area contributed by atoms with Crippen LogP contribution in [0, 0.1) is 13.8 Å². The minimum Gasteiger partial charge on any atom is -0.326 e. The second-order valence-corrected chi connectivity index (χ2v) is 7.90. The van der Waals surface area contributed by atoms with Crippen molar-refractivity contribution in [3.8, 4) is 0 Å². The van der Waals surface area contributed by atoms with Gasteiger partial charge in [-0.2, -0.15) is 0 Å². The van der Waals surface area contributed by atoms with E-state index >= 15 is 0 Å². The Morgan fingerprint density at radius 3 is 2.38 bits per heavy atom. The summed E-state index contributed by atoms with van der Waals surface area (Å²) in [6.07, 6.45) is 1.40. The number of nitrogens with zero attached hydrogens (tertiary/aromatic N) is 2. The number of likely N-dealkylation sites (tertiary alicyclic amines) is 1. The number of para-hydroxylation sites is 1. The number of aryl methyl sites for hydroxylation is 2. The predicted octanol–water partition coefficient (Wildman–Crippen LogP) is 2.65. The van der Waals surface area contributed by atoms with Gasteiger partial charge in [0.2, 0.25) is 5.91 Å². The van der Waals surface area contributed by atoms with Crippen LogP contribution in [0.15, 0.2) is 53.5 Å². The lowest BCUT2D eigenvalue weighted by Crippen LogP contribution is -2.52. The van der Waals surface area contributed by atoms with Crippen LogP contribution in [0.1, 0.15) is 29.5 Å². The molecule has 2 aliphatic heterocycles. The predicted molar refractivity (Wildman–Crippen MR) is 114 cm³/mol. The van der Waals surface area contributed by atoms with Crippen LogP contribution in [0.2, 0.25) is 0 Å². The molecular weight excluding hydrogens is 364 g/mol. The van der Waals surface area contributed by atoms with Crippen molar-refractivity contribution in [2.24, 2.45) is 4.99 Å². The standard InChI is InChI=1S/C23H26N4O2/c1-16-7-6-8-17(2)20(16)24-19(28)15-27-13-11-23(12-14-27)25-21(22(29)26-23)18-9-4-3-5-10-18/h3-10H,11-15H2,1-2H3,(H,24,28)(H,26,29). The van der Waals surface area contributed by atoms with Crippen LogP contribution < -0.4 is 10.6 Å². The Hall–Kier alpha value is -2.99. The van der Waals surface area contributed by atoms with Gasteiger partial charge in [-0.15, -0.1) is 0 Å². The average Bonchev–Trinajstić information content (AvgIpc) is 3.03. The van der Waals surface area contributed by atoms with Gasteiger partial charge in [0, 0.05) is 37.2 Å². The van der Waals surface area contributed by atoms with Crippen LogP contribution in [0.25, 0.3) is 0 Å². The van der Waals surface area contributed by atoms with E-state index < -0.39 is 5.66 Å². The summed E-state index contributed by atoms with van der Waals surface area (Å²) in [6, 6.07) is 15.5. The van der Waals surface area contributed by atoms with Gasteiger partial charge in [0.15, 0.2) is 0 Å². The van der Waals surface area contributed by atoms with Gasteiger partial charge in [-0.3, -0.25) is 19.5 Å². The maximum absolute atomic E-state index is 12.5. The zero-order valence-corrected chi connectivity index (χ0v) is 16.9. The Morgan fingerprint density at radius 1 is 1.07 bits per heavy atom. The van der Waals surface area contributed by atoms with E-state index in [-0.39, 0.29) is 11.8 Å². The summed E-state index contributed by atoms with van der Waals surface area (Å²) < 4.78 is 0. The van der Waals surface area contributed by atoms with Crippen molar-refractivity contribution in [3.05, 3.63) is 65.2 Å². The van der Waals surface area contributed by atoms with Crippen molar-refractivity contribution in [1.29, 1.82) is 0 Å². The number of benzene rings is 2. The van der Waals surface area contributed by atoms with E-state index in [2.05, 4.69) is 15.5 Å². The monoisotopic (exact) mass is 390 g/mol. The fourth-order valence-electron chi connectivity index (χ4n) is 4.07. The third-order valence-corrected chi connectivity index (χ3v) is 5.73. The summed E-state index contributed by atoms with van der Waals surface area (Å²) >= 11 is 0. The molecule has 0 unspecified atom stereocenters. The molecule has 4 rings (SSSR count). The molecule has 2 aliphatic rings. The van der Waals surface area contributed by atoms with Gasteiger partial charge >= 0.3 is 0 Å². The normalized spacial score (nSPS) is 18.4. The van der Waals surface area contributed by atoms with Crippen molar-refractivity contribution in [2.45, 2.75) is 32.4 Å². The summed E-state index contributed by atoms with van der Waals surface area (Å²) in [5, 5.41) is 6.12. The zero-order valence-electron chi connectivity index (χ0n) is 16.9. The van der Waals surface area contributed by atoms with Crippen LogP contribution in [0.5, 0.6) is 0 Å². The first kappa shape index (κ1) is 19.3. The van der Waals surface area contributed by atoms with E-state index in [0.717, 1.165) is 22.4 Å². The minimum atomic E-state index is -0.540. The molecule has 1 spiro atoms.